The van der Waals surface area contributed by atoms with Gasteiger partial charge in [-0.05, 0) is 19.0 Å². The number of nitrogens with zero attached hydrogens (tertiary/aromatic N) is 3. The zero-order valence-electron chi connectivity index (χ0n) is 5.70. The molecule has 0 aliphatic rings. The van der Waals surface area contributed by atoms with E-state index in [2.05, 4.69) is 20.1 Å². The summed E-state index contributed by atoms with van der Waals surface area (Å²) in [5.41, 5.74) is 1.51. The average molecular weight is 141 g/mol. The van der Waals surface area contributed by atoms with Crippen molar-refractivity contribution in [3.63, 3.8) is 0 Å². The Morgan fingerprint density at radius 1 is 1.60 bits per heavy atom. The highest BCUT2D eigenvalue weighted by Gasteiger charge is 2.07. The molecule has 1 N–H and O–H groups in total. The zero-order chi connectivity index (χ0) is 7.56. The van der Waals surface area contributed by atoms with Crippen LogP contribution in [0, 0.1) is 6.92 Å². The van der Waals surface area contributed by atoms with E-state index in [9.17, 15) is 0 Å². The van der Waals surface area contributed by atoms with Crippen LogP contribution >= 0.6 is 0 Å². The highest BCUT2D eigenvalue weighted by molar-refractivity contribution is 5.97. The van der Waals surface area contributed by atoms with Gasteiger partial charge in [0.15, 0.2) is 5.69 Å². The molecule has 0 amide bonds. The zero-order valence-corrected chi connectivity index (χ0v) is 5.70. The Bertz CT molecular complexity index is 253. The van der Waals surface area contributed by atoms with Gasteiger partial charge in [-0.25, -0.2) is 4.63 Å². The monoisotopic (exact) mass is 141 g/mol. The van der Waals surface area contributed by atoms with E-state index in [1.165, 1.54) is 0 Å². The summed E-state index contributed by atoms with van der Waals surface area (Å²) in [6, 6.07) is 0. The molecule has 0 unspecified atom stereocenters. The van der Waals surface area contributed by atoms with Gasteiger partial charge in [-0.1, -0.05) is 10.3 Å². The minimum absolute atomic E-state index is 0.402. The Morgan fingerprint density at radius 2 is 2.30 bits per heavy atom. The first kappa shape index (κ1) is 6.73. The standard InChI is InChI=1S/C5H7N3O2/c1-3(6-9)5-4(2)7-10-8-5/h9H,1-2H3/b6-3-. The van der Waals surface area contributed by atoms with E-state index in [4.69, 9.17) is 5.21 Å². The van der Waals surface area contributed by atoms with Crippen molar-refractivity contribution in [2.75, 3.05) is 0 Å². The molecule has 0 saturated heterocycles. The maximum atomic E-state index is 8.31. The van der Waals surface area contributed by atoms with Crippen LogP contribution in [0.5, 0.6) is 0 Å². The van der Waals surface area contributed by atoms with Crippen LogP contribution in [0.15, 0.2) is 9.78 Å². The van der Waals surface area contributed by atoms with Gasteiger partial charge >= 0.3 is 0 Å². The van der Waals surface area contributed by atoms with Gasteiger partial charge in [0.1, 0.15) is 11.4 Å². The van der Waals surface area contributed by atoms with Crippen LogP contribution in [0.1, 0.15) is 18.3 Å². The van der Waals surface area contributed by atoms with Gasteiger partial charge in [-0.15, -0.1) is 0 Å². The fourth-order valence-electron chi connectivity index (χ4n) is 0.607. The minimum Gasteiger partial charge on any atom is -0.411 e. The fourth-order valence-corrected chi connectivity index (χ4v) is 0.607. The topological polar surface area (TPSA) is 71.5 Å². The summed E-state index contributed by atoms with van der Waals surface area (Å²) in [5.74, 6) is 0. The van der Waals surface area contributed by atoms with Gasteiger partial charge in [0, 0.05) is 0 Å². The van der Waals surface area contributed by atoms with Crippen LogP contribution in [-0.4, -0.2) is 21.2 Å². The molecule has 0 spiro atoms. The second kappa shape index (κ2) is 2.47. The SMILES string of the molecule is C/C(=N/O)c1nonc1C. The lowest BCUT2D eigenvalue weighted by molar-refractivity contribution is 0.302. The number of hydrogen-bond donors (Lipinski definition) is 1. The van der Waals surface area contributed by atoms with Crippen LogP contribution in [0.4, 0.5) is 0 Å². The number of oxime groups is 1. The Kier molecular flexibility index (Phi) is 1.66. The Labute approximate surface area is 57.3 Å². The molecule has 10 heavy (non-hydrogen) atoms. The maximum absolute atomic E-state index is 8.31. The molecule has 0 aromatic carbocycles. The molecule has 1 aromatic heterocycles. The largest absolute Gasteiger partial charge is 0.411 e. The molecule has 0 fully saturated rings. The van der Waals surface area contributed by atoms with Crippen LogP contribution in [-0.2, 0) is 0 Å². The van der Waals surface area contributed by atoms with Crippen molar-refractivity contribution in [2.45, 2.75) is 13.8 Å². The van der Waals surface area contributed by atoms with Crippen molar-refractivity contribution < 1.29 is 9.84 Å². The van der Waals surface area contributed by atoms with E-state index in [0.717, 1.165) is 0 Å². The van der Waals surface area contributed by atoms with Crippen molar-refractivity contribution in [1.29, 1.82) is 0 Å². The molecule has 54 valence electrons. The van der Waals surface area contributed by atoms with Crippen molar-refractivity contribution >= 4 is 5.71 Å². The quantitative estimate of drug-likeness (QED) is 0.352. The average Bonchev–Trinajstić information content (AvgIpc) is 2.34. The number of rotatable bonds is 1. The van der Waals surface area contributed by atoms with Gasteiger partial charge in [-0.3, -0.25) is 0 Å². The van der Waals surface area contributed by atoms with E-state index in [0.29, 0.717) is 17.1 Å². The molecule has 0 aliphatic carbocycles. The summed E-state index contributed by atoms with van der Waals surface area (Å²) >= 11 is 0. The third kappa shape index (κ3) is 0.975. The Morgan fingerprint density at radius 3 is 2.70 bits per heavy atom. The van der Waals surface area contributed by atoms with E-state index in [-0.39, 0.29) is 0 Å². The first-order chi connectivity index (χ1) is 4.75. The predicted molar refractivity (Wildman–Crippen MR) is 33.0 cm³/mol. The predicted octanol–water partition coefficient (Wildman–Crippen LogP) is 0.576. The molecule has 0 radical (unpaired) electrons. The highest BCUT2D eigenvalue weighted by Crippen LogP contribution is 2.00. The summed E-state index contributed by atoms with van der Waals surface area (Å²) in [6.45, 7) is 3.34. The van der Waals surface area contributed by atoms with Gasteiger partial charge in [0.05, 0.1) is 0 Å². The lowest BCUT2D eigenvalue weighted by atomic mass is 10.2. The third-order valence-electron chi connectivity index (χ3n) is 1.15. The lowest BCUT2D eigenvalue weighted by Crippen LogP contribution is -1.96. The first-order valence-corrected chi connectivity index (χ1v) is 2.74. The van der Waals surface area contributed by atoms with Crippen LogP contribution in [0.3, 0.4) is 0 Å². The molecule has 0 atom stereocenters. The van der Waals surface area contributed by atoms with Crippen molar-refractivity contribution in [3.8, 4) is 0 Å². The summed E-state index contributed by atoms with van der Waals surface area (Å²) in [4.78, 5) is 0. The second-order valence-electron chi connectivity index (χ2n) is 1.88. The summed E-state index contributed by atoms with van der Waals surface area (Å²) in [6.07, 6.45) is 0. The number of hydrogen-bond acceptors (Lipinski definition) is 5. The highest BCUT2D eigenvalue weighted by atomic mass is 16.6. The molecule has 0 bridgehead atoms. The molecule has 0 aliphatic heterocycles. The molecule has 5 nitrogen and oxygen atoms in total. The van der Waals surface area contributed by atoms with Gasteiger partial charge in [0.2, 0.25) is 0 Å². The minimum atomic E-state index is 0.402. The summed E-state index contributed by atoms with van der Waals surface area (Å²) in [7, 11) is 0. The van der Waals surface area contributed by atoms with Crippen molar-refractivity contribution in [3.05, 3.63) is 11.4 Å². The molecule has 1 rings (SSSR count). The molecule has 1 heterocycles. The normalized spacial score (nSPS) is 12.0. The Balaban J connectivity index is 3.05. The van der Waals surface area contributed by atoms with Crippen LogP contribution in [0.25, 0.3) is 0 Å². The molecule has 0 saturated carbocycles. The van der Waals surface area contributed by atoms with Crippen LogP contribution < -0.4 is 0 Å². The number of aromatic nitrogens is 2. The van der Waals surface area contributed by atoms with E-state index >= 15 is 0 Å². The smallest absolute Gasteiger partial charge is 0.155 e. The molecular weight excluding hydrogens is 134 g/mol. The number of aryl methyl sites for hydroxylation is 1. The van der Waals surface area contributed by atoms with E-state index < -0.39 is 0 Å². The van der Waals surface area contributed by atoms with Gasteiger partial charge in [0.25, 0.3) is 0 Å². The van der Waals surface area contributed by atoms with E-state index in [1.807, 2.05) is 0 Å². The molecule has 5 heteroatoms. The summed E-state index contributed by atoms with van der Waals surface area (Å²) in [5, 5.41) is 18.3. The molecular formula is C5H7N3O2. The van der Waals surface area contributed by atoms with Gasteiger partial charge < -0.3 is 5.21 Å². The lowest BCUT2D eigenvalue weighted by Gasteiger charge is -1.87. The second-order valence-corrected chi connectivity index (χ2v) is 1.88. The van der Waals surface area contributed by atoms with Crippen molar-refractivity contribution in [1.82, 2.24) is 10.3 Å². The van der Waals surface area contributed by atoms with Crippen LogP contribution in [0.2, 0.25) is 0 Å². The Hall–Kier alpha value is -1.39. The maximum Gasteiger partial charge on any atom is 0.155 e. The van der Waals surface area contributed by atoms with Crippen molar-refractivity contribution in [2.24, 2.45) is 5.16 Å². The summed E-state index contributed by atoms with van der Waals surface area (Å²) < 4.78 is 4.38. The molecule has 1 aromatic rings. The van der Waals surface area contributed by atoms with E-state index in [1.54, 1.807) is 13.8 Å². The third-order valence-corrected chi connectivity index (χ3v) is 1.15. The first-order valence-electron chi connectivity index (χ1n) is 2.74. The fraction of sp³-hybridized carbons (Fsp3) is 0.400. The van der Waals surface area contributed by atoms with Gasteiger partial charge in [-0.2, -0.15) is 0 Å².